The van der Waals surface area contributed by atoms with Gasteiger partial charge in [-0.2, -0.15) is 5.10 Å². The Morgan fingerprint density at radius 1 is 1.42 bits per heavy atom. The first-order valence-electron chi connectivity index (χ1n) is 9.13. The van der Waals surface area contributed by atoms with E-state index >= 15 is 0 Å². The van der Waals surface area contributed by atoms with Crippen LogP contribution in [0.1, 0.15) is 30.8 Å². The number of hydrogen-bond donors (Lipinski definition) is 1. The number of carbonyl (C=O) groups excluding carboxylic acids is 1. The van der Waals surface area contributed by atoms with E-state index in [-0.39, 0.29) is 17.7 Å². The van der Waals surface area contributed by atoms with Crippen molar-refractivity contribution in [1.82, 2.24) is 29.5 Å². The van der Waals surface area contributed by atoms with Crippen molar-refractivity contribution in [3.8, 4) is 0 Å². The molecule has 1 spiro atoms. The molecule has 1 saturated carbocycles. The summed E-state index contributed by atoms with van der Waals surface area (Å²) in [7, 11) is 3.79. The molecule has 0 radical (unpaired) electrons. The Morgan fingerprint density at radius 2 is 2.19 bits per heavy atom. The number of piperidine rings is 1. The average molecular weight is 377 g/mol. The van der Waals surface area contributed by atoms with Crippen LogP contribution in [0.2, 0.25) is 5.02 Å². The largest absolute Gasteiger partial charge is 0.337 e. The lowest BCUT2D eigenvalue weighted by Gasteiger charge is -2.29. The van der Waals surface area contributed by atoms with Crippen LogP contribution in [0.3, 0.4) is 0 Å². The van der Waals surface area contributed by atoms with E-state index < -0.39 is 0 Å². The molecule has 3 heterocycles. The molecule has 1 atom stereocenters. The zero-order valence-electron chi connectivity index (χ0n) is 15.3. The Balaban J connectivity index is 1.56. The summed E-state index contributed by atoms with van der Waals surface area (Å²) < 4.78 is 3.67. The molecule has 2 aromatic heterocycles. The molecule has 2 fully saturated rings. The molecule has 8 heteroatoms. The van der Waals surface area contributed by atoms with Crippen molar-refractivity contribution >= 4 is 17.5 Å². The van der Waals surface area contributed by atoms with Crippen molar-refractivity contribution < 1.29 is 4.79 Å². The zero-order chi connectivity index (χ0) is 18.3. The summed E-state index contributed by atoms with van der Waals surface area (Å²) in [6, 6.07) is 0.292. The number of carbonyl (C=O) groups is 1. The van der Waals surface area contributed by atoms with E-state index in [1.165, 1.54) is 0 Å². The van der Waals surface area contributed by atoms with Crippen LogP contribution in [-0.4, -0.2) is 49.3 Å². The summed E-state index contributed by atoms with van der Waals surface area (Å²) in [4.78, 5) is 19.7. The van der Waals surface area contributed by atoms with E-state index in [2.05, 4.69) is 15.4 Å². The maximum absolute atomic E-state index is 13.2. The normalized spacial score (nSPS) is 21.1. The summed E-state index contributed by atoms with van der Waals surface area (Å²) in [5.41, 5.74) is 1.05. The molecule has 2 aliphatic rings. The van der Waals surface area contributed by atoms with Gasteiger partial charge in [0, 0.05) is 32.5 Å². The highest BCUT2D eigenvalue weighted by Crippen LogP contribution is 2.56. The highest BCUT2D eigenvalue weighted by atomic mass is 35.5. The van der Waals surface area contributed by atoms with Gasteiger partial charge in [0.1, 0.15) is 5.82 Å². The lowest BCUT2D eigenvalue weighted by molar-refractivity contribution is -0.132. The third kappa shape index (κ3) is 3.14. The van der Waals surface area contributed by atoms with Gasteiger partial charge in [-0.25, -0.2) is 4.98 Å². The van der Waals surface area contributed by atoms with Crippen molar-refractivity contribution in [3.05, 3.63) is 35.1 Å². The number of halogens is 1. The molecule has 1 aliphatic carbocycles. The van der Waals surface area contributed by atoms with Crippen LogP contribution < -0.4 is 5.32 Å². The number of imidazole rings is 1. The number of aryl methyl sites for hydroxylation is 2. The third-order valence-corrected chi connectivity index (χ3v) is 6.32. The fourth-order valence-corrected chi connectivity index (χ4v) is 4.41. The molecule has 2 aromatic rings. The van der Waals surface area contributed by atoms with Gasteiger partial charge in [-0.1, -0.05) is 11.6 Å². The summed E-state index contributed by atoms with van der Waals surface area (Å²) in [6.45, 7) is 2.61. The monoisotopic (exact) mass is 376 g/mol. The number of nitrogens with one attached hydrogen (secondary N) is 1. The minimum absolute atomic E-state index is 0.0962. The van der Waals surface area contributed by atoms with Crippen LogP contribution >= 0.6 is 11.6 Å². The highest BCUT2D eigenvalue weighted by Gasteiger charge is 2.57. The summed E-state index contributed by atoms with van der Waals surface area (Å²) in [5, 5.41) is 8.12. The number of nitrogens with zero attached hydrogens (tertiary/aromatic N) is 5. The Kier molecular flexibility index (Phi) is 4.52. The minimum atomic E-state index is 0.0962. The highest BCUT2D eigenvalue weighted by molar-refractivity contribution is 6.31. The molecule has 1 N–H and O–H groups in total. The molecule has 140 valence electrons. The molecule has 1 aliphatic heterocycles. The molecular formula is C18H25ClN6O. The quantitative estimate of drug-likeness (QED) is 0.859. The minimum Gasteiger partial charge on any atom is -0.337 e. The zero-order valence-corrected chi connectivity index (χ0v) is 16.0. The van der Waals surface area contributed by atoms with Gasteiger partial charge in [0.15, 0.2) is 0 Å². The van der Waals surface area contributed by atoms with E-state index in [9.17, 15) is 4.79 Å². The number of aromatic nitrogens is 4. The van der Waals surface area contributed by atoms with Gasteiger partial charge in [0.25, 0.3) is 0 Å². The van der Waals surface area contributed by atoms with Crippen LogP contribution in [0.4, 0.5) is 0 Å². The van der Waals surface area contributed by atoms with Crippen LogP contribution in [0.5, 0.6) is 0 Å². The van der Waals surface area contributed by atoms with Crippen LogP contribution in [0.15, 0.2) is 18.6 Å². The van der Waals surface area contributed by atoms with Gasteiger partial charge in [-0.3, -0.25) is 9.48 Å². The Morgan fingerprint density at radius 3 is 2.81 bits per heavy atom. The predicted molar refractivity (Wildman–Crippen MR) is 98.6 cm³/mol. The molecule has 1 amide bonds. The SMILES string of the molecule is Cn1ccnc1CN(C(=O)Cc1c(Cl)cnn1C)C1CC12CCNCC2. The summed E-state index contributed by atoms with van der Waals surface area (Å²) in [6.07, 6.45) is 8.92. The molecule has 0 aromatic carbocycles. The standard InChI is InChI=1S/C18H25ClN6O/c1-23-8-7-21-16(23)12-25(15-10-18(15)3-5-20-6-4-18)17(26)9-14-13(19)11-22-24(14)2/h7-8,11,15,20H,3-6,9-10,12H2,1-2H3. The second kappa shape index (κ2) is 6.70. The topological polar surface area (TPSA) is 68.0 Å². The van der Waals surface area contributed by atoms with Gasteiger partial charge >= 0.3 is 0 Å². The van der Waals surface area contributed by atoms with Gasteiger partial charge in [-0.15, -0.1) is 0 Å². The lowest BCUT2D eigenvalue weighted by Crippen LogP contribution is -2.40. The first-order valence-corrected chi connectivity index (χ1v) is 9.51. The number of amides is 1. The van der Waals surface area contributed by atoms with E-state index in [1.54, 1.807) is 17.1 Å². The third-order valence-electron chi connectivity index (χ3n) is 6.00. The van der Waals surface area contributed by atoms with Crippen molar-refractivity contribution in [3.63, 3.8) is 0 Å². The summed E-state index contributed by atoms with van der Waals surface area (Å²) >= 11 is 6.22. The molecule has 1 unspecified atom stereocenters. The fourth-order valence-electron chi connectivity index (χ4n) is 4.18. The van der Waals surface area contributed by atoms with E-state index in [0.717, 1.165) is 43.9 Å². The molecule has 1 saturated heterocycles. The Labute approximate surface area is 158 Å². The molecular weight excluding hydrogens is 352 g/mol. The second-order valence-electron chi connectivity index (χ2n) is 7.55. The maximum atomic E-state index is 13.2. The van der Waals surface area contributed by atoms with Gasteiger partial charge in [-0.05, 0) is 37.8 Å². The molecule has 0 bridgehead atoms. The second-order valence-corrected chi connectivity index (χ2v) is 7.96. The number of hydrogen-bond acceptors (Lipinski definition) is 4. The van der Waals surface area contributed by atoms with Gasteiger partial charge < -0.3 is 14.8 Å². The predicted octanol–water partition coefficient (Wildman–Crippen LogP) is 1.52. The van der Waals surface area contributed by atoms with Crippen molar-refractivity contribution in [2.45, 2.75) is 38.3 Å². The van der Waals surface area contributed by atoms with E-state index in [1.807, 2.05) is 29.8 Å². The Bertz CT molecular complexity index is 787. The van der Waals surface area contributed by atoms with Gasteiger partial charge in [0.2, 0.25) is 5.91 Å². The van der Waals surface area contributed by atoms with Crippen LogP contribution in [0, 0.1) is 5.41 Å². The lowest BCUT2D eigenvalue weighted by atomic mass is 9.93. The molecule has 4 rings (SSSR count). The van der Waals surface area contributed by atoms with E-state index in [0.29, 0.717) is 17.6 Å². The van der Waals surface area contributed by atoms with Crippen molar-refractivity contribution in [1.29, 1.82) is 0 Å². The average Bonchev–Trinajstić information content (AvgIpc) is 2.97. The molecule has 7 nitrogen and oxygen atoms in total. The first kappa shape index (κ1) is 17.5. The van der Waals surface area contributed by atoms with E-state index in [4.69, 9.17) is 11.6 Å². The first-order chi connectivity index (χ1) is 12.5. The molecule has 26 heavy (non-hydrogen) atoms. The number of rotatable bonds is 5. The Hall–Kier alpha value is -1.86. The fraction of sp³-hybridized carbons (Fsp3) is 0.611. The smallest absolute Gasteiger partial charge is 0.229 e. The van der Waals surface area contributed by atoms with Crippen LogP contribution in [-0.2, 0) is 31.9 Å². The van der Waals surface area contributed by atoms with Crippen molar-refractivity contribution in [2.24, 2.45) is 19.5 Å². The summed E-state index contributed by atoms with van der Waals surface area (Å²) in [5.74, 6) is 1.00. The van der Waals surface area contributed by atoms with Crippen molar-refractivity contribution in [2.75, 3.05) is 13.1 Å². The van der Waals surface area contributed by atoms with Gasteiger partial charge in [0.05, 0.1) is 29.9 Å². The maximum Gasteiger partial charge on any atom is 0.229 e. The van der Waals surface area contributed by atoms with Crippen LogP contribution in [0.25, 0.3) is 0 Å².